The fourth-order valence-corrected chi connectivity index (χ4v) is 2.69. The molecule has 2 aromatic heterocycles. The van der Waals surface area contributed by atoms with Crippen molar-refractivity contribution in [1.29, 1.82) is 0 Å². The number of hydrogen-bond donors (Lipinski definition) is 1. The monoisotopic (exact) mass is 291 g/mol. The highest BCUT2D eigenvalue weighted by atomic mass is 32.1. The molecule has 0 aliphatic rings. The van der Waals surface area contributed by atoms with E-state index in [9.17, 15) is 0 Å². The molecule has 1 atom stereocenters. The van der Waals surface area contributed by atoms with Crippen molar-refractivity contribution in [3.8, 4) is 5.75 Å². The van der Waals surface area contributed by atoms with E-state index in [4.69, 9.17) is 4.74 Å². The summed E-state index contributed by atoms with van der Waals surface area (Å²) in [5, 5.41) is 3.54. The SMILES string of the molecule is CCCNC(c1cncc(OC(C)C)c1)c1cncs1. The molecule has 0 spiro atoms. The number of aromatic nitrogens is 2. The Labute approximate surface area is 124 Å². The van der Waals surface area contributed by atoms with E-state index in [0.717, 1.165) is 24.3 Å². The molecule has 108 valence electrons. The Kier molecular flexibility index (Phi) is 5.49. The molecular formula is C15H21N3OS. The molecule has 1 unspecified atom stereocenters. The van der Waals surface area contributed by atoms with Gasteiger partial charge in [0.2, 0.25) is 0 Å². The fraction of sp³-hybridized carbons (Fsp3) is 0.467. The van der Waals surface area contributed by atoms with Gasteiger partial charge < -0.3 is 10.1 Å². The lowest BCUT2D eigenvalue weighted by atomic mass is 10.1. The maximum atomic E-state index is 5.72. The van der Waals surface area contributed by atoms with Gasteiger partial charge >= 0.3 is 0 Å². The molecule has 20 heavy (non-hydrogen) atoms. The average molecular weight is 291 g/mol. The molecular weight excluding hydrogens is 270 g/mol. The quantitative estimate of drug-likeness (QED) is 0.849. The standard InChI is InChI=1S/C15H21N3OS/c1-4-5-18-15(14-9-17-10-20-14)12-6-13(8-16-7-12)19-11(2)3/h6-11,15,18H,4-5H2,1-3H3. The molecule has 0 aliphatic carbocycles. The lowest BCUT2D eigenvalue weighted by Crippen LogP contribution is -2.22. The van der Waals surface area contributed by atoms with E-state index in [-0.39, 0.29) is 12.1 Å². The van der Waals surface area contributed by atoms with Crippen molar-refractivity contribution in [3.63, 3.8) is 0 Å². The summed E-state index contributed by atoms with van der Waals surface area (Å²) in [6.07, 6.45) is 6.80. The molecule has 0 aliphatic heterocycles. The maximum Gasteiger partial charge on any atom is 0.138 e. The van der Waals surface area contributed by atoms with Gasteiger partial charge in [0.15, 0.2) is 0 Å². The molecule has 0 fully saturated rings. The zero-order valence-electron chi connectivity index (χ0n) is 12.2. The number of ether oxygens (including phenoxy) is 1. The minimum atomic E-state index is 0.130. The van der Waals surface area contributed by atoms with Crippen LogP contribution < -0.4 is 10.1 Å². The minimum absolute atomic E-state index is 0.130. The third-order valence-corrected chi connectivity index (χ3v) is 3.61. The molecule has 0 radical (unpaired) electrons. The number of rotatable bonds is 7. The smallest absolute Gasteiger partial charge is 0.138 e. The van der Waals surface area contributed by atoms with Gasteiger partial charge in [-0.3, -0.25) is 9.97 Å². The molecule has 0 saturated heterocycles. The van der Waals surface area contributed by atoms with Crippen molar-refractivity contribution >= 4 is 11.3 Å². The van der Waals surface area contributed by atoms with Gasteiger partial charge in [0.1, 0.15) is 5.75 Å². The third kappa shape index (κ3) is 4.02. The number of thiazole rings is 1. The predicted octanol–water partition coefficient (Wildman–Crippen LogP) is 3.41. The Hall–Kier alpha value is -1.46. The lowest BCUT2D eigenvalue weighted by Gasteiger charge is -2.18. The Morgan fingerprint density at radius 1 is 1.25 bits per heavy atom. The van der Waals surface area contributed by atoms with Crippen molar-refractivity contribution in [2.45, 2.75) is 39.3 Å². The molecule has 0 bridgehead atoms. The predicted molar refractivity (Wildman–Crippen MR) is 82.3 cm³/mol. The molecule has 5 heteroatoms. The van der Waals surface area contributed by atoms with Crippen LogP contribution in [-0.4, -0.2) is 22.6 Å². The summed E-state index contributed by atoms with van der Waals surface area (Å²) in [7, 11) is 0. The van der Waals surface area contributed by atoms with E-state index in [2.05, 4.69) is 28.3 Å². The Morgan fingerprint density at radius 3 is 2.75 bits per heavy atom. The second-order valence-electron chi connectivity index (χ2n) is 4.91. The van der Waals surface area contributed by atoms with E-state index < -0.39 is 0 Å². The largest absolute Gasteiger partial charge is 0.489 e. The second kappa shape index (κ2) is 7.36. The van der Waals surface area contributed by atoms with Gasteiger partial charge in [-0.15, -0.1) is 11.3 Å². The fourth-order valence-electron chi connectivity index (χ4n) is 1.97. The third-order valence-electron chi connectivity index (χ3n) is 2.77. The van der Waals surface area contributed by atoms with Crippen molar-refractivity contribution in [3.05, 3.63) is 40.6 Å². The molecule has 2 heterocycles. The van der Waals surface area contributed by atoms with Gasteiger partial charge in [-0.25, -0.2) is 0 Å². The average Bonchev–Trinajstić information content (AvgIpc) is 2.93. The maximum absolute atomic E-state index is 5.72. The summed E-state index contributed by atoms with van der Waals surface area (Å²) in [5.41, 5.74) is 2.97. The van der Waals surface area contributed by atoms with E-state index in [1.54, 1.807) is 17.5 Å². The molecule has 0 saturated carbocycles. The van der Waals surface area contributed by atoms with Crippen LogP contribution >= 0.6 is 11.3 Å². The Morgan fingerprint density at radius 2 is 2.10 bits per heavy atom. The van der Waals surface area contributed by atoms with Gasteiger partial charge in [-0.05, 0) is 38.4 Å². The van der Waals surface area contributed by atoms with E-state index in [1.165, 1.54) is 4.88 Å². The first-order valence-electron chi connectivity index (χ1n) is 6.94. The summed E-state index contributed by atoms with van der Waals surface area (Å²) in [6, 6.07) is 2.19. The van der Waals surface area contributed by atoms with Crippen LogP contribution in [0.25, 0.3) is 0 Å². The van der Waals surface area contributed by atoms with Gasteiger partial charge in [-0.1, -0.05) is 6.92 Å². The highest BCUT2D eigenvalue weighted by Gasteiger charge is 2.16. The highest BCUT2D eigenvalue weighted by Crippen LogP contribution is 2.27. The number of pyridine rings is 1. The van der Waals surface area contributed by atoms with E-state index in [0.29, 0.717) is 0 Å². The molecule has 4 nitrogen and oxygen atoms in total. The summed E-state index contributed by atoms with van der Waals surface area (Å²) < 4.78 is 5.72. The van der Waals surface area contributed by atoms with Crippen LogP contribution in [0, 0.1) is 0 Å². The molecule has 2 aromatic rings. The topological polar surface area (TPSA) is 47.0 Å². The Bertz CT molecular complexity index is 514. The first-order chi connectivity index (χ1) is 9.70. The van der Waals surface area contributed by atoms with Crippen molar-refractivity contribution in [1.82, 2.24) is 15.3 Å². The van der Waals surface area contributed by atoms with Gasteiger partial charge in [0, 0.05) is 17.3 Å². The van der Waals surface area contributed by atoms with E-state index >= 15 is 0 Å². The number of nitrogens with one attached hydrogen (secondary N) is 1. The summed E-state index contributed by atoms with van der Waals surface area (Å²) in [4.78, 5) is 9.67. The van der Waals surface area contributed by atoms with Crippen LogP contribution in [0.1, 0.15) is 43.7 Å². The first-order valence-corrected chi connectivity index (χ1v) is 7.82. The normalized spacial score (nSPS) is 12.6. The molecule has 2 rings (SSSR count). The van der Waals surface area contributed by atoms with Crippen LogP contribution in [0.4, 0.5) is 0 Å². The van der Waals surface area contributed by atoms with Crippen LogP contribution in [0.3, 0.4) is 0 Å². The zero-order valence-corrected chi connectivity index (χ0v) is 13.0. The van der Waals surface area contributed by atoms with Gasteiger partial charge in [0.25, 0.3) is 0 Å². The molecule has 1 N–H and O–H groups in total. The van der Waals surface area contributed by atoms with Gasteiger partial charge in [0.05, 0.1) is 23.9 Å². The van der Waals surface area contributed by atoms with Crippen molar-refractivity contribution < 1.29 is 4.74 Å². The molecule has 0 amide bonds. The molecule has 0 aromatic carbocycles. The summed E-state index contributed by atoms with van der Waals surface area (Å²) >= 11 is 1.65. The first kappa shape index (κ1) is 14.9. The minimum Gasteiger partial charge on any atom is -0.489 e. The Balaban J connectivity index is 2.24. The summed E-state index contributed by atoms with van der Waals surface area (Å²) in [6.45, 7) is 7.15. The van der Waals surface area contributed by atoms with Crippen LogP contribution in [0.15, 0.2) is 30.2 Å². The number of hydrogen-bond acceptors (Lipinski definition) is 5. The van der Waals surface area contributed by atoms with Gasteiger partial charge in [-0.2, -0.15) is 0 Å². The van der Waals surface area contributed by atoms with E-state index in [1.807, 2.05) is 31.8 Å². The second-order valence-corrected chi connectivity index (χ2v) is 5.83. The summed E-state index contributed by atoms with van der Waals surface area (Å²) in [5.74, 6) is 0.810. The number of nitrogens with zero attached hydrogens (tertiary/aromatic N) is 2. The lowest BCUT2D eigenvalue weighted by molar-refractivity contribution is 0.241. The van der Waals surface area contributed by atoms with Crippen molar-refractivity contribution in [2.24, 2.45) is 0 Å². The highest BCUT2D eigenvalue weighted by molar-refractivity contribution is 7.09. The van der Waals surface area contributed by atoms with Crippen molar-refractivity contribution in [2.75, 3.05) is 6.54 Å². The zero-order chi connectivity index (χ0) is 14.4. The van der Waals surface area contributed by atoms with Crippen LogP contribution in [-0.2, 0) is 0 Å². The van der Waals surface area contributed by atoms with Crippen LogP contribution in [0.5, 0.6) is 5.75 Å². The van der Waals surface area contributed by atoms with Crippen LogP contribution in [0.2, 0.25) is 0 Å².